The van der Waals surface area contributed by atoms with Gasteiger partial charge in [0.05, 0.1) is 12.7 Å². The second-order valence-corrected chi connectivity index (χ2v) is 4.30. The highest BCUT2D eigenvalue weighted by molar-refractivity contribution is 6.28. The van der Waals surface area contributed by atoms with Crippen LogP contribution in [0.3, 0.4) is 0 Å². The van der Waals surface area contributed by atoms with E-state index in [1.807, 2.05) is 0 Å². The Morgan fingerprint density at radius 2 is 2.14 bits per heavy atom. The Labute approximate surface area is 125 Å². The average Bonchev–Trinajstić information content (AvgIpc) is 2.46. The summed E-state index contributed by atoms with van der Waals surface area (Å²) in [4.78, 5) is 30.4. The van der Waals surface area contributed by atoms with Crippen molar-refractivity contribution in [2.45, 2.75) is 0 Å². The number of methoxy groups -OCH3 is 1. The van der Waals surface area contributed by atoms with Crippen molar-refractivity contribution in [2.75, 3.05) is 12.4 Å². The zero-order valence-electron chi connectivity index (χ0n) is 11.0. The summed E-state index contributed by atoms with van der Waals surface area (Å²) in [5.74, 6) is -1.02. The molecular formula is C13H11ClN4O3. The standard InChI is InChI=1S/C13H11ClN4O3/c1-21-12(20)7-3-2-4-8(5-7)17-11-9(10(15)19)6-16-13(14)18-11/h2-6H,1H3,(H2,15,19)(H,16,17,18). The van der Waals surface area contributed by atoms with Crippen LogP contribution in [0.15, 0.2) is 30.5 Å². The highest BCUT2D eigenvalue weighted by Crippen LogP contribution is 2.20. The second kappa shape index (κ2) is 6.19. The summed E-state index contributed by atoms with van der Waals surface area (Å²) in [7, 11) is 1.29. The molecular weight excluding hydrogens is 296 g/mol. The first-order valence-electron chi connectivity index (χ1n) is 5.79. The fourth-order valence-electron chi connectivity index (χ4n) is 1.61. The van der Waals surface area contributed by atoms with Crippen LogP contribution in [0.4, 0.5) is 11.5 Å². The van der Waals surface area contributed by atoms with E-state index in [1.165, 1.54) is 13.3 Å². The summed E-state index contributed by atoms with van der Waals surface area (Å²) in [6, 6.07) is 6.49. The Kier molecular flexibility index (Phi) is 4.34. The minimum Gasteiger partial charge on any atom is -0.465 e. The molecule has 0 aliphatic carbocycles. The number of amides is 1. The molecule has 1 aromatic heterocycles. The number of esters is 1. The Morgan fingerprint density at radius 3 is 2.81 bits per heavy atom. The molecule has 0 bridgehead atoms. The van der Waals surface area contributed by atoms with E-state index in [4.69, 9.17) is 17.3 Å². The number of hydrogen-bond acceptors (Lipinski definition) is 6. The number of nitrogens with one attached hydrogen (secondary N) is 1. The molecule has 7 nitrogen and oxygen atoms in total. The number of benzene rings is 1. The summed E-state index contributed by atoms with van der Waals surface area (Å²) in [5.41, 5.74) is 6.20. The third-order valence-corrected chi connectivity index (χ3v) is 2.75. The molecule has 2 rings (SSSR count). The first-order valence-corrected chi connectivity index (χ1v) is 6.17. The maximum absolute atomic E-state index is 11.5. The number of nitrogens with two attached hydrogens (primary N) is 1. The topological polar surface area (TPSA) is 107 Å². The van der Waals surface area contributed by atoms with E-state index in [9.17, 15) is 9.59 Å². The fourth-order valence-corrected chi connectivity index (χ4v) is 1.75. The van der Waals surface area contributed by atoms with Crippen molar-refractivity contribution in [3.63, 3.8) is 0 Å². The van der Waals surface area contributed by atoms with E-state index in [0.717, 1.165) is 0 Å². The number of halogens is 1. The van der Waals surface area contributed by atoms with Crippen molar-refractivity contribution < 1.29 is 14.3 Å². The molecule has 0 spiro atoms. The predicted molar refractivity (Wildman–Crippen MR) is 76.6 cm³/mol. The number of aromatic nitrogens is 2. The van der Waals surface area contributed by atoms with Crippen molar-refractivity contribution in [1.29, 1.82) is 0 Å². The average molecular weight is 307 g/mol. The van der Waals surface area contributed by atoms with Crippen LogP contribution in [0.25, 0.3) is 0 Å². The number of carbonyl (C=O) groups excluding carboxylic acids is 2. The van der Waals surface area contributed by atoms with Gasteiger partial charge in [0.2, 0.25) is 5.28 Å². The molecule has 0 aliphatic rings. The molecule has 0 radical (unpaired) electrons. The molecule has 1 amide bonds. The third-order valence-electron chi connectivity index (χ3n) is 2.57. The molecule has 0 fully saturated rings. The van der Waals surface area contributed by atoms with Crippen LogP contribution in [0.5, 0.6) is 0 Å². The molecule has 8 heteroatoms. The fraction of sp³-hybridized carbons (Fsp3) is 0.0769. The lowest BCUT2D eigenvalue weighted by atomic mass is 10.2. The Bertz CT molecular complexity index is 706. The van der Waals surface area contributed by atoms with Crippen LogP contribution < -0.4 is 11.1 Å². The van der Waals surface area contributed by atoms with Gasteiger partial charge in [-0.05, 0) is 29.8 Å². The number of anilines is 2. The van der Waals surface area contributed by atoms with Gasteiger partial charge in [-0.15, -0.1) is 0 Å². The van der Waals surface area contributed by atoms with E-state index in [2.05, 4.69) is 20.0 Å². The van der Waals surface area contributed by atoms with E-state index in [0.29, 0.717) is 11.3 Å². The van der Waals surface area contributed by atoms with Crippen LogP contribution in [0.2, 0.25) is 5.28 Å². The van der Waals surface area contributed by atoms with Gasteiger partial charge in [0, 0.05) is 11.9 Å². The SMILES string of the molecule is COC(=O)c1cccc(Nc2nc(Cl)ncc2C(N)=O)c1. The van der Waals surface area contributed by atoms with E-state index >= 15 is 0 Å². The molecule has 0 aliphatic heterocycles. The quantitative estimate of drug-likeness (QED) is 0.658. The van der Waals surface area contributed by atoms with Crippen LogP contribution in [0.1, 0.15) is 20.7 Å². The number of nitrogens with zero attached hydrogens (tertiary/aromatic N) is 2. The predicted octanol–water partition coefficient (Wildman–Crippen LogP) is 1.76. The molecule has 1 aromatic carbocycles. The van der Waals surface area contributed by atoms with Crippen molar-refractivity contribution >= 4 is 35.0 Å². The molecule has 0 unspecified atom stereocenters. The molecule has 1 heterocycles. The third kappa shape index (κ3) is 3.46. The summed E-state index contributed by atoms with van der Waals surface area (Å²) >= 11 is 5.70. The molecule has 21 heavy (non-hydrogen) atoms. The van der Waals surface area contributed by atoms with Crippen LogP contribution in [-0.4, -0.2) is 29.0 Å². The lowest BCUT2D eigenvalue weighted by Crippen LogP contribution is -2.15. The van der Waals surface area contributed by atoms with Crippen molar-refractivity contribution in [1.82, 2.24) is 9.97 Å². The van der Waals surface area contributed by atoms with Gasteiger partial charge in [-0.1, -0.05) is 6.07 Å². The van der Waals surface area contributed by atoms with E-state index < -0.39 is 11.9 Å². The van der Waals surface area contributed by atoms with Gasteiger partial charge in [-0.25, -0.2) is 9.78 Å². The Balaban J connectivity index is 2.36. The molecule has 0 saturated carbocycles. The number of rotatable bonds is 4. The summed E-state index contributed by atoms with van der Waals surface area (Å²) in [6.45, 7) is 0. The number of carbonyl (C=O) groups is 2. The van der Waals surface area contributed by atoms with Gasteiger partial charge in [0.1, 0.15) is 11.4 Å². The zero-order chi connectivity index (χ0) is 15.4. The molecule has 3 N–H and O–H groups in total. The van der Waals surface area contributed by atoms with Crippen LogP contribution >= 0.6 is 11.6 Å². The molecule has 2 aromatic rings. The van der Waals surface area contributed by atoms with E-state index in [-0.39, 0.29) is 16.7 Å². The smallest absolute Gasteiger partial charge is 0.337 e. The molecule has 0 atom stereocenters. The summed E-state index contributed by atoms with van der Waals surface area (Å²) < 4.78 is 4.63. The molecule has 108 valence electrons. The highest BCUT2D eigenvalue weighted by Gasteiger charge is 2.13. The highest BCUT2D eigenvalue weighted by atomic mass is 35.5. The van der Waals surface area contributed by atoms with Gasteiger partial charge in [-0.2, -0.15) is 4.98 Å². The van der Waals surface area contributed by atoms with Gasteiger partial charge in [0.15, 0.2) is 0 Å². The maximum atomic E-state index is 11.5. The lowest BCUT2D eigenvalue weighted by Gasteiger charge is -2.09. The van der Waals surface area contributed by atoms with Gasteiger partial charge < -0.3 is 15.8 Å². The largest absolute Gasteiger partial charge is 0.465 e. The van der Waals surface area contributed by atoms with Crippen molar-refractivity contribution in [3.8, 4) is 0 Å². The van der Waals surface area contributed by atoms with Crippen LogP contribution in [-0.2, 0) is 4.74 Å². The lowest BCUT2D eigenvalue weighted by molar-refractivity contribution is 0.0600. The minimum absolute atomic E-state index is 0.0355. The Hall–Kier alpha value is -2.67. The van der Waals surface area contributed by atoms with Gasteiger partial charge in [-0.3, -0.25) is 4.79 Å². The normalized spacial score (nSPS) is 10.0. The summed E-state index contributed by atoms with van der Waals surface area (Å²) in [5, 5.41) is 2.83. The first kappa shape index (κ1) is 14.7. The van der Waals surface area contributed by atoms with E-state index in [1.54, 1.807) is 24.3 Å². The number of hydrogen-bond donors (Lipinski definition) is 2. The molecule has 0 saturated heterocycles. The maximum Gasteiger partial charge on any atom is 0.337 e. The minimum atomic E-state index is -0.696. The van der Waals surface area contributed by atoms with Gasteiger partial charge >= 0.3 is 5.97 Å². The van der Waals surface area contributed by atoms with Crippen molar-refractivity contribution in [3.05, 3.63) is 46.9 Å². The van der Waals surface area contributed by atoms with Gasteiger partial charge in [0.25, 0.3) is 5.91 Å². The Morgan fingerprint density at radius 1 is 1.38 bits per heavy atom. The first-order chi connectivity index (χ1) is 10.0. The number of primary amides is 1. The summed E-state index contributed by atoms with van der Waals surface area (Å²) in [6.07, 6.45) is 1.23. The van der Waals surface area contributed by atoms with Crippen LogP contribution in [0, 0.1) is 0 Å². The zero-order valence-corrected chi connectivity index (χ0v) is 11.7. The number of ether oxygens (including phenoxy) is 1. The second-order valence-electron chi connectivity index (χ2n) is 3.96. The van der Waals surface area contributed by atoms with Crippen molar-refractivity contribution in [2.24, 2.45) is 5.73 Å². The monoisotopic (exact) mass is 306 g/mol.